The van der Waals surface area contributed by atoms with Gasteiger partial charge in [-0.15, -0.1) is 0 Å². The zero-order valence-electron chi connectivity index (χ0n) is 19.8. The van der Waals surface area contributed by atoms with E-state index < -0.39 is 5.92 Å². The van der Waals surface area contributed by atoms with E-state index in [2.05, 4.69) is 26.1 Å². The van der Waals surface area contributed by atoms with Crippen LogP contribution in [-0.4, -0.2) is 32.5 Å². The molecule has 0 unspecified atom stereocenters. The summed E-state index contributed by atoms with van der Waals surface area (Å²) in [6, 6.07) is 8.13. The maximum atomic E-state index is 13.3. The molecule has 1 atom stereocenters. The van der Waals surface area contributed by atoms with Crippen LogP contribution in [0.5, 0.6) is 0 Å². The van der Waals surface area contributed by atoms with Crippen LogP contribution in [0, 0.1) is 5.41 Å². The highest BCUT2D eigenvalue weighted by atomic mass is 16.5. The number of carbonyl (C=O) groups is 2. The predicted molar refractivity (Wildman–Crippen MR) is 125 cm³/mol. The second-order valence-electron chi connectivity index (χ2n) is 9.76. The van der Waals surface area contributed by atoms with Gasteiger partial charge in [0.1, 0.15) is 0 Å². The number of allylic oxidation sites excluding steroid dienone is 3. The van der Waals surface area contributed by atoms with Crippen LogP contribution in [0.2, 0.25) is 0 Å². The molecule has 0 amide bonds. The lowest BCUT2D eigenvalue weighted by Crippen LogP contribution is -2.38. The summed E-state index contributed by atoms with van der Waals surface area (Å²) in [5.74, 6) is -0.606. The fraction of sp³-hybridized carbons (Fsp3) is 0.538. The molecule has 1 N–H and O–H groups in total. The molecule has 168 valence electrons. The highest BCUT2D eigenvalue weighted by molar-refractivity contribution is 6.04. The van der Waals surface area contributed by atoms with Crippen molar-refractivity contribution in [3.8, 4) is 0 Å². The number of nitrogens with one attached hydrogen (secondary N) is 1. The molecular formula is C26H36N2O3. The van der Waals surface area contributed by atoms with Gasteiger partial charge in [-0.05, 0) is 42.9 Å². The number of ether oxygens (including phenoxy) is 1. The molecule has 1 aliphatic carbocycles. The molecule has 5 nitrogen and oxygen atoms in total. The van der Waals surface area contributed by atoms with E-state index in [4.69, 9.17) is 4.74 Å². The number of anilines is 1. The Kier molecular flexibility index (Phi) is 6.93. The van der Waals surface area contributed by atoms with Crippen molar-refractivity contribution >= 4 is 17.4 Å². The third-order valence-electron chi connectivity index (χ3n) is 6.18. The van der Waals surface area contributed by atoms with E-state index >= 15 is 0 Å². The van der Waals surface area contributed by atoms with Crippen LogP contribution in [0.4, 0.5) is 5.69 Å². The summed E-state index contributed by atoms with van der Waals surface area (Å²) in [7, 11) is 3.99. The molecule has 31 heavy (non-hydrogen) atoms. The monoisotopic (exact) mass is 424 g/mol. The van der Waals surface area contributed by atoms with Gasteiger partial charge in [-0.1, -0.05) is 45.7 Å². The number of esters is 1. The number of nitrogens with zero attached hydrogens (tertiary/aromatic N) is 1. The van der Waals surface area contributed by atoms with Crippen molar-refractivity contribution in [1.82, 2.24) is 5.32 Å². The van der Waals surface area contributed by atoms with Crippen molar-refractivity contribution in [1.29, 1.82) is 0 Å². The van der Waals surface area contributed by atoms with Crippen molar-refractivity contribution in [2.24, 2.45) is 5.41 Å². The van der Waals surface area contributed by atoms with Gasteiger partial charge in [-0.3, -0.25) is 4.79 Å². The third kappa shape index (κ3) is 5.03. The molecular weight excluding hydrogens is 388 g/mol. The maximum Gasteiger partial charge on any atom is 0.336 e. The first-order valence-electron chi connectivity index (χ1n) is 11.3. The molecule has 0 fully saturated rings. The molecule has 1 heterocycles. The first-order chi connectivity index (χ1) is 14.6. The quantitative estimate of drug-likeness (QED) is 0.488. The van der Waals surface area contributed by atoms with Crippen molar-refractivity contribution in [3.05, 3.63) is 52.4 Å². The number of unbranched alkanes of at least 4 members (excludes halogenated alkanes) is 2. The van der Waals surface area contributed by atoms with Crippen molar-refractivity contribution in [2.45, 2.75) is 65.7 Å². The van der Waals surface area contributed by atoms with Crippen molar-refractivity contribution in [3.63, 3.8) is 0 Å². The lowest BCUT2D eigenvalue weighted by molar-refractivity contribution is -0.139. The lowest BCUT2D eigenvalue weighted by Gasteiger charge is -2.39. The molecule has 3 rings (SSSR count). The molecule has 1 aromatic carbocycles. The largest absolute Gasteiger partial charge is 0.462 e. The van der Waals surface area contributed by atoms with Crippen LogP contribution >= 0.6 is 0 Å². The topological polar surface area (TPSA) is 58.6 Å². The minimum Gasteiger partial charge on any atom is -0.462 e. The first-order valence-corrected chi connectivity index (χ1v) is 11.3. The molecule has 0 radical (unpaired) electrons. The van der Waals surface area contributed by atoms with Crippen LogP contribution < -0.4 is 10.2 Å². The predicted octanol–water partition coefficient (Wildman–Crippen LogP) is 5.09. The van der Waals surface area contributed by atoms with Gasteiger partial charge in [0.15, 0.2) is 5.78 Å². The highest BCUT2D eigenvalue weighted by Crippen LogP contribution is 2.46. The van der Waals surface area contributed by atoms with Crippen molar-refractivity contribution < 1.29 is 14.3 Å². The molecule has 5 heteroatoms. The Bertz CT molecular complexity index is 907. The molecule has 1 aliphatic heterocycles. The number of rotatable bonds is 7. The molecule has 0 saturated carbocycles. The number of ketones is 1. The minimum absolute atomic E-state index is 0.0965. The van der Waals surface area contributed by atoms with Crippen molar-refractivity contribution in [2.75, 3.05) is 25.6 Å². The number of dihydropyridines is 1. The van der Waals surface area contributed by atoms with Gasteiger partial charge >= 0.3 is 5.97 Å². The zero-order valence-corrected chi connectivity index (χ0v) is 19.8. The highest BCUT2D eigenvalue weighted by Gasteiger charge is 2.43. The van der Waals surface area contributed by atoms with Crippen LogP contribution in [0.25, 0.3) is 0 Å². The van der Waals surface area contributed by atoms with E-state index in [0.717, 1.165) is 53.9 Å². The number of hydrogen-bond donors (Lipinski definition) is 1. The Hall–Kier alpha value is -2.56. The Morgan fingerprint density at radius 1 is 1.16 bits per heavy atom. The van der Waals surface area contributed by atoms with Crippen LogP contribution in [0.1, 0.15) is 71.3 Å². The fourth-order valence-electron chi connectivity index (χ4n) is 4.60. The maximum absolute atomic E-state index is 13.3. The van der Waals surface area contributed by atoms with Gasteiger partial charge in [0, 0.05) is 49.1 Å². The van der Waals surface area contributed by atoms with E-state index in [-0.39, 0.29) is 17.2 Å². The zero-order chi connectivity index (χ0) is 22.8. The Morgan fingerprint density at radius 3 is 2.45 bits per heavy atom. The molecule has 0 aromatic heterocycles. The number of Topliss-reactive ketones (excluding diaryl/α,β-unsaturated/α-hetero) is 1. The number of benzene rings is 1. The Morgan fingerprint density at radius 2 is 1.84 bits per heavy atom. The van der Waals surface area contributed by atoms with E-state index in [1.165, 1.54) is 0 Å². The van der Waals surface area contributed by atoms with E-state index in [1.807, 2.05) is 50.2 Å². The smallest absolute Gasteiger partial charge is 0.336 e. The SMILES string of the molecule is CCCCCOC(=O)C1=C(C)NC2=C(C(=O)CC(C)(C)C2)[C@@H]1c1ccc(N(C)C)cc1. The molecule has 2 aliphatic rings. The minimum atomic E-state index is -0.394. The molecule has 0 spiro atoms. The summed E-state index contributed by atoms with van der Waals surface area (Å²) >= 11 is 0. The van der Waals surface area contributed by atoms with Crippen LogP contribution in [-0.2, 0) is 14.3 Å². The first kappa shape index (κ1) is 23.1. The van der Waals surface area contributed by atoms with Gasteiger partial charge in [-0.25, -0.2) is 4.79 Å². The summed E-state index contributed by atoms with van der Waals surface area (Å²) in [6.07, 6.45) is 4.23. The van der Waals surface area contributed by atoms with Crippen LogP contribution in [0.3, 0.4) is 0 Å². The third-order valence-corrected chi connectivity index (χ3v) is 6.18. The van der Waals surface area contributed by atoms with Gasteiger partial charge < -0.3 is 15.0 Å². The van der Waals surface area contributed by atoms with Gasteiger partial charge in [0.25, 0.3) is 0 Å². The Balaban J connectivity index is 2.02. The molecule has 1 aromatic rings. The second kappa shape index (κ2) is 9.29. The average molecular weight is 425 g/mol. The summed E-state index contributed by atoms with van der Waals surface area (Å²) in [6.45, 7) is 8.68. The number of hydrogen-bond acceptors (Lipinski definition) is 5. The molecule has 0 saturated heterocycles. The second-order valence-corrected chi connectivity index (χ2v) is 9.76. The summed E-state index contributed by atoms with van der Waals surface area (Å²) < 4.78 is 5.64. The fourth-order valence-corrected chi connectivity index (χ4v) is 4.60. The van der Waals surface area contributed by atoms with E-state index in [9.17, 15) is 9.59 Å². The van der Waals surface area contributed by atoms with Gasteiger partial charge in [0.05, 0.1) is 12.2 Å². The van der Waals surface area contributed by atoms with Gasteiger partial charge in [-0.2, -0.15) is 0 Å². The van der Waals surface area contributed by atoms with E-state index in [0.29, 0.717) is 18.6 Å². The standard InChI is InChI=1S/C26H36N2O3/c1-7-8-9-14-31-25(30)22-17(2)27-20-15-26(3,4)16-21(29)24(20)23(22)18-10-12-19(13-11-18)28(5)6/h10-13,23,27H,7-9,14-16H2,1-6H3/t23-/m1/s1. The van der Waals surface area contributed by atoms with Gasteiger partial charge in [0.2, 0.25) is 0 Å². The normalized spacial score (nSPS) is 20.3. The summed E-state index contributed by atoms with van der Waals surface area (Å²) in [4.78, 5) is 28.5. The summed E-state index contributed by atoms with van der Waals surface area (Å²) in [5, 5.41) is 3.40. The number of carbonyl (C=O) groups excluding carboxylic acids is 2. The molecule has 0 bridgehead atoms. The Labute approximate surface area is 186 Å². The average Bonchev–Trinajstić information content (AvgIpc) is 2.69. The summed E-state index contributed by atoms with van der Waals surface area (Å²) in [5.41, 5.74) is 4.94. The van der Waals surface area contributed by atoms with Crippen LogP contribution in [0.15, 0.2) is 46.8 Å². The lowest BCUT2D eigenvalue weighted by atomic mass is 9.68. The van der Waals surface area contributed by atoms with E-state index in [1.54, 1.807) is 0 Å².